The van der Waals surface area contributed by atoms with E-state index in [1.54, 1.807) is 0 Å². The molecule has 0 saturated carbocycles. The summed E-state index contributed by atoms with van der Waals surface area (Å²) in [6, 6.07) is 8.72. The van der Waals surface area contributed by atoms with Gasteiger partial charge in [-0.05, 0) is 43.5 Å². The normalized spacial score (nSPS) is 18.9. The molecule has 19 heavy (non-hydrogen) atoms. The van der Waals surface area contributed by atoms with E-state index in [-0.39, 0.29) is 0 Å². The minimum absolute atomic E-state index is 0.319. The van der Waals surface area contributed by atoms with Crippen LogP contribution in [0, 0.1) is 0 Å². The molecule has 1 aliphatic heterocycles. The Labute approximate surface area is 116 Å². The van der Waals surface area contributed by atoms with Crippen LogP contribution in [-0.4, -0.2) is 32.4 Å². The average molecular weight is 263 g/mol. The zero-order valence-electron chi connectivity index (χ0n) is 11.9. The molecule has 1 saturated heterocycles. The van der Waals surface area contributed by atoms with Crippen LogP contribution in [-0.2, 0) is 22.5 Å². The van der Waals surface area contributed by atoms with E-state index in [2.05, 4.69) is 36.5 Å². The first-order valence-corrected chi connectivity index (χ1v) is 7.36. The van der Waals surface area contributed by atoms with Gasteiger partial charge in [0.1, 0.15) is 0 Å². The second-order valence-corrected chi connectivity index (χ2v) is 5.07. The minimum Gasteiger partial charge on any atom is -0.376 e. The number of rotatable bonds is 8. The van der Waals surface area contributed by atoms with Crippen molar-refractivity contribution in [3.05, 3.63) is 35.4 Å². The lowest BCUT2D eigenvalue weighted by Crippen LogP contribution is -2.16. The molecule has 0 aromatic heterocycles. The van der Waals surface area contributed by atoms with Gasteiger partial charge in [-0.25, -0.2) is 0 Å². The highest BCUT2D eigenvalue weighted by Gasteiger charge is 2.15. The Morgan fingerprint density at radius 3 is 2.74 bits per heavy atom. The summed E-state index contributed by atoms with van der Waals surface area (Å²) in [5, 5.41) is 3.34. The third-order valence-corrected chi connectivity index (χ3v) is 3.46. The number of likely N-dealkylation sites (N-methyl/N-ethyl adjacent to an activating group) is 1. The Balaban J connectivity index is 1.66. The number of hydrogen-bond donors (Lipinski definition) is 1. The van der Waals surface area contributed by atoms with Crippen molar-refractivity contribution in [2.24, 2.45) is 0 Å². The number of benzene rings is 1. The van der Waals surface area contributed by atoms with E-state index < -0.39 is 0 Å². The summed E-state index contributed by atoms with van der Waals surface area (Å²) in [5.74, 6) is 0. The maximum Gasteiger partial charge on any atom is 0.0809 e. The molecular formula is C16H25NO2. The molecule has 0 bridgehead atoms. The van der Waals surface area contributed by atoms with Gasteiger partial charge in [0, 0.05) is 6.61 Å². The standard InChI is InChI=1S/C16H25NO2/c1-2-17-10-9-14-5-7-15(8-6-14)12-18-13-16-4-3-11-19-16/h5-8,16-17H,2-4,9-13H2,1H3. The number of nitrogens with one attached hydrogen (secondary N) is 1. The smallest absolute Gasteiger partial charge is 0.0809 e. The molecule has 1 heterocycles. The second-order valence-electron chi connectivity index (χ2n) is 5.07. The summed E-state index contributed by atoms with van der Waals surface area (Å²) in [4.78, 5) is 0. The molecule has 1 aromatic carbocycles. The zero-order valence-corrected chi connectivity index (χ0v) is 11.9. The molecule has 2 rings (SSSR count). The van der Waals surface area contributed by atoms with Gasteiger partial charge in [0.25, 0.3) is 0 Å². The molecule has 1 aromatic rings. The summed E-state index contributed by atoms with van der Waals surface area (Å²) in [7, 11) is 0. The third-order valence-electron chi connectivity index (χ3n) is 3.46. The fraction of sp³-hybridized carbons (Fsp3) is 0.625. The number of hydrogen-bond acceptors (Lipinski definition) is 3. The van der Waals surface area contributed by atoms with Crippen LogP contribution in [0.1, 0.15) is 30.9 Å². The van der Waals surface area contributed by atoms with Crippen LogP contribution in [0.5, 0.6) is 0 Å². The fourth-order valence-electron chi connectivity index (χ4n) is 2.30. The molecule has 0 radical (unpaired) electrons. The molecule has 1 aliphatic rings. The maximum absolute atomic E-state index is 5.70. The molecular weight excluding hydrogens is 238 g/mol. The molecule has 3 nitrogen and oxygen atoms in total. The Morgan fingerprint density at radius 1 is 1.26 bits per heavy atom. The lowest BCUT2D eigenvalue weighted by atomic mass is 10.1. The van der Waals surface area contributed by atoms with Crippen molar-refractivity contribution in [2.45, 2.75) is 38.9 Å². The van der Waals surface area contributed by atoms with Gasteiger partial charge in [0.2, 0.25) is 0 Å². The monoisotopic (exact) mass is 263 g/mol. The van der Waals surface area contributed by atoms with Gasteiger partial charge in [0.15, 0.2) is 0 Å². The van der Waals surface area contributed by atoms with Gasteiger partial charge in [-0.1, -0.05) is 31.2 Å². The fourth-order valence-corrected chi connectivity index (χ4v) is 2.30. The Hall–Kier alpha value is -0.900. The van der Waals surface area contributed by atoms with Crippen LogP contribution in [0.2, 0.25) is 0 Å². The lowest BCUT2D eigenvalue weighted by Gasteiger charge is -2.10. The van der Waals surface area contributed by atoms with Crippen LogP contribution in [0.15, 0.2) is 24.3 Å². The first-order chi connectivity index (χ1) is 9.38. The summed E-state index contributed by atoms with van der Waals surface area (Å²) < 4.78 is 11.2. The highest BCUT2D eigenvalue weighted by atomic mass is 16.5. The van der Waals surface area contributed by atoms with Crippen molar-refractivity contribution in [1.82, 2.24) is 5.32 Å². The van der Waals surface area contributed by atoms with Crippen molar-refractivity contribution in [3.8, 4) is 0 Å². The Kier molecular flexibility index (Phi) is 6.34. The molecule has 0 spiro atoms. The van der Waals surface area contributed by atoms with Gasteiger partial charge in [-0.3, -0.25) is 0 Å². The van der Waals surface area contributed by atoms with Gasteiger partial charge in [0.05, 0.1) is 19.3 Å². The molecule has 106 valence electrons. The second kappa shape index (κ2) is 8.31. The zero-order chi connectivity index (χ0) is 13.3. The van der Waals surface area contributed by atoms with Gasteiger partial charge >= 0.3 is 0 Å². The predicted molar refractivity (Wildman–Crippen MR) is 77.3 cm³/mol. The van der Waals surface area contributed by atoms with Gasteiger partial charge in [-0.2, -0.15) is 0 Å². The SMILES string of the molecule is CCNCCc1ccc(COCC2CCCO2)cc1. The van der Waals surface area contributed by atoms with Crippen molar-refractivity contribution in [1.29, 1.82) is 0 Å². The molecule has 1 unspecified atom stereocenters. The van der Waals surface area contributed by atoms with Crippen molar-refractivity contribution in [2.75, 3.05) is 26.3 Å². The van der Waals surface area contributed by atoms with Crippen molar-refractivity contribution < 1.29 is 9.47 Å². The number of ether oxygens (including phenoxy) is 2. The first-order valence-electron chi connectivity index (χ1n) is 7.36. The predicted octanol–water partition coefficient (Wildman–Crippen LogP) is 2.53. The van der Waals surface area contributed by atoms with Crippen LogP contribution < -0.4 is 5.32 Å². The van der Waals surface area contributed by atoms with Crippen LogP contribution in [0.25, 0.3) is 0 Å². The summed E-state index contributed by atoms with van der Waals surface area (Å²) in [5.41, 5.74) is 2.62. The molecule has 1 atom stereocenters. The highest BCUT2D eigenvalue weighted by Crippen LogP contribution is 2.13. The lowest BCUT2D eigenvalue weighted by molar-refractivity contribution is 0.0106. The van der Waals surface area contributed by atoms with Gasteiger partial charge < -0.3 is 14.8 Å². The van der Waals surface area contributed by atoms with Gasteiger partial charge in [-0.15, -0.1) is 0 Å². The van der Waals surface area contributed by atoms with Crippen LogP contribution in [0.4, 0.5) is 0 Å². The highest BCUT2D eigenvalue weighted by molar-refractivity contribution is 5.22. The summed E-state index contributed by atoms with van der Waals surface area (Å²) in [6.45, 7) is 6.53. The largest absolute Gasteiger partial charge is 0.376 e. The molecule has 0 amide bonds. The van der Waals surface area contributed by atoms with Crippen LogP contribution >= 0.6 is 0 Å². The third kappa shape index (κ3) is 5.31. The molecule has 3 heteroatoms. The summed E-state index contributed by atoms with van der Waals surface area (Å²) >= 11 is 0. The Morgan fingerprint density at radius 2 is 2.05 bits per heavy atom. The van der Waals surface area contributed by atoms with E-state index in [1.165, 1.54) is 17.5 Å². The van der Waals surface area contributed by atoms with E-state index in [0.29, 0.717) is 12.7 Å². The van der Waals surface area contributed by atoms with E-state index in [4.69, 9.17) is 9.47 Å². The van der Waals surface area contributed by atoms with E-state index in [9.17, 15) is 0 Å². The van der Waals surface area contributed by atoms with Crippen molar-refractivity contribution >= 4 is 0 Å². The summed E-state index contributed by atoms with van der Waals surface area (Å²) in [6.07, 6.45) is 3.72. The average Bonchev–Trinajstić information content (AvgIpc) is 2.94. The molecule has 1 N–H and O–H groups in total. The van der Waals surface area contributed by atoms with E-state index >= 15 is 0 Å². The first kappa shape index (κ1) is 14.5. The topological polar surface area (TPSA) is 30.5 Å². The maximum atomic E-state index is 5.70. The van der Waals surface area contributed by atoms with E-state index in [0.717, 1.165) is 39.1 Å². The van der Waals surface area contributed by atoms with Crippen LogP contribution in [0.3, 0.4) is 0 Å². The molecule has 1 fully saturated rings. The Bertz CT molecular complexity index is 344. The quantitative estimate of drug-likeness (QED) is 0.731. The molecule has 0 aliphatic carbocycles. The van der Waals surface area contributed by atoms with E-state index in [1.807, 2.05) is 0 Å². The van der Waals surface area contributed by atoms with Crippen molar-refractivity contribution in [3.63, 3.8) is 0 Å². The minimum atomic E-state index is 0.319.